The van der Waals surface area contributed by atoms with Gasteiger partial charge in [0.25, 0.3) is 0 Å². The van der Waals surface area contributed by atoms with Gasteiger partial charge in [-0.15, -0.1) is 0 Å². The Labute approximate surface area is 476 Å². The number of hydrogen-bond acceptors (Lipinski definition) is 14. The van der Waals surface area contributed by atoms with Crippen LogP contribution < -0.4 is 53.2 Å². The van der Waals surface area contributed by atoms with Gasteiger partial charge in [0.2, 0.25) is 41.4 Å². The van der Waals surface area contributed by atoms with E-state index in [-0.39, 0.29) is 70.7 Å². The number of carboxylic acid groups (broad SMARTS) is 1. The molecule has 0 bridgehead atoms. The molecule has 2 aliphatic rings. The van der Waals surface area contributed by atoms with Crippen LogP contribution in [0.25, 0.3) is 21.8 Å². The van der Waals surface area contributed by atoms with E-state index in [4.69, 9.17) is 10.5 Å². The third-order valence-electron chi connectivity index (χ3n) is 14.8. The number of hydrogen-bond donors (Lipinski definition) is 12. The number of aliphatic carboxylic acids is 1. The molecule has 0 spiro atoms. The Morgan fingerprint density at radius 1 is 0.829 bits per heavy atom. The van der Waals surface area contributed by atoms with E-state index in [9.17, 15) is 53.6 Å². The Bertz CT molecular complexity index is 3090. The van der Waals surface area contributed by atoms with Crippen LogP contribution in [-0.4, -0.2) is 185 Å². The summed E-state index contributed by atoms with van der Waals surface area (Å²) < 4.78 is 6.85. The molecule has 3 aromatic carbocycles. The number of methoxy groups -OCH3 is 1. The number of aliphatic hydroxyl groups excluding tert-OH is 1. The molecule has 7 amide bonds. The zero-order chi connectivity index (χ0) is 59.2. The van der Waals surface area contributed by atoms with E-state index in [1.807, 2.05) is 38.1 Å². The first-order chi connectivity index (χ1) is 39.3. The van der Waals surface area contributed by atoms with Gasteiger partial charge in [0.1, 0.15) is 48.5 Å². The van der Waals surface area contributed by atoms with Gasteiger partial charge in [-0.1, -0.05) is 62.4 Å². The first-order valence-corrected chi connectivity index (χ1v) is 27.6. The maximum Gasteiger partial charge on any atom is 0.330 e. The number of para-hydroxylation sites is 2. The van der Waals surface area contributed by atoms with E-state index in [2.05, 4.69) is 42.2 Å². The highest BCUT2D eigenvalue weighted by Crippen LogP contribution is 2.25. The zero-order valence-electron chi connectivity index (χ0n) is 46.9. The Kier molecular flexibility index (Phi) is 21.6. The molecule has 25 heteroatoms. The number of likely N-dealkylation sites (N-methyl/N-ethyl adjacent to an activating group) is 1. The van der Waals surface area contributed by atoms with Crippen molar-refractivity contribution >= 4 is 82.1 Å². The third kappa shape index (κ3) is 15.8. The fourth-order valence-electron chi connectivity index (χ4n) is 10.7. The molecule has 2 aromatic heterocycles. The minimum atomic E-state index is -1.39. The Balaban J connectivity index is 1.10. The van der Waals surface area contributed by atoms with E-state index in [0.717, 1.165) is 30.4 Å². The van der Waals surface area contributed by atoms with Crippen molar-refractivity contribution in [3.8, 4) is 5.75 Å². The fraction of sp³-hybridized carbons (Fsp3) is 0.474. The number of likely N-dealkylation sites (tertiary alicyclic amines) is 1. The van der Waals surface area contributed by atoms with Crippen molar-refractivity contribution < 1.29 is 58.3 Å². The van der Waals surface area contributed by atoms with Gasteiger partial charge in [0.05, 0.1) is 19.3 Å². The quantitative estimate of drug-likeness (QED) is 0.0258. The molecule has 24 nitrogen and oxygen atoms in total. The molecule has 1 radical (unpaired) electrons. The molecule has 13 N–H and O–H groups in total. The number of rotatable bonds is 28. The molecular formula is C57H76BN12O12. The van der Waals surface area contributed by atoms with E-state index < -0.39 is 95.7 Å². The Morgan fingerprint density at radius 2 is 1.50 bits per heavy atom. The fourth-order valence-corrected chi connectivity index (χ4v) is 10.7. The number of carboxylic acids is 1. The lowest BCUT2D eigenvalue weighted by Gasteiger charge is -2.31. The van der Waals surface area contributed by atoms with Crippen LogP contribution in [0.15, 0.2) is 79.1 Å². The standard InChI is InChI=1S/C57H76BN12O12/c1-32(2)21-44(65-54(77)46(67-51(74)41-14-10-20-61-41)28-60-26-33-16-17-49(82-5)39(22-33)58-81)57(80)70-30-36(71)25-48(70)55(78)64-43(23-34-27-62-40-13-8-6-11-37(34)40)53(76)63-42(18-19-59)52(75)66-45(56(79)68(3)4)24-35-29-69(31-50(72)73)47-15-9-7-12-38(35)47/h6-9,11-13,15-17,22,27,29,32,36,41-46,48,60-62,71,81H,10,14,18-21,23-26,28,30-31,59H2,1-5H3,(H,63,76)(H,64,78)(H,65,77)(H,66,75)(H,67,74)(H,72,73)/t36-,41+,42+,43+,44+,45+,46+,48+/m1/s1. The molecule has 2 fully saturated rings. The van der Waals surface area contributed by atoms with Crippen LogP contribution in [0.1, 0.15) is 62.6 Å². The third-order valence-corrected chi connectivity index (χ3v) is 14.8. The average molecular weight is 1130 g/mol. The first-order valence-electron chi connectivity index (χ1n) is 27.6. The maximum atomic E-state index is 14.8. The number of H-pyrrole nitrogens is 1. The Hall–Kier alpha value is -7.84. The lowest BCUT2D eigenvalue weighted by molar-refractivity contribution is -0.143. The topological polar surface area (TPSA) is 344 Å². The zero-order valence-corrected chi connectivity index (χ0v) is 46.9. The highest BCUT2D eigenvalue weighted by Gasteiger charge is 2.43. The molecule has 82 heavy (non-hydrogen) atoms. The molecule has 2 saturated heterocycles. The number of nitrogens with one attached hydrogen (secondary N) is 8. The van der Waals surface area contributed by atoms with E-state index in [1.165, 1.54) is 31.0 Å². The van der Waals surface area contributed by atoms with Crippen LogP contribution in [0.3, 0.4) is 0 Å². The van der Waals surface area contributed by atoms with Crippen molar-refractivity contribution in [1.29, 1.82) is 0 Å². The summed E-state index contributed by atoms with van der Waals surface area (Å²) in [5.74, 6) is -5.34. The molecule has 439 valence electrons. The Morgan fingerprint density at radius 3 is 2.18 bits per heavy atom. The van der Waals surface area contributed by atoms with E-state index >= 15 is 0 Å². The number of aromatic nitrogens is 2. The van der Waals surface area contributed by atoms with Gasteiger partial charge in [0, 0.05) is 87.2 Å². The van der Waals surface area contributed by atoms with Crippen LogP contribution in [0, 0.1) is 5.92 Å². The number of amides is 7. The second kappa shape index (κ2) is 28.7. The minimum Gasteiger partial charge on any atom is -0.497 e. The SMILES string of the molecule is COc1ccc(CNC[C@H](NC(=O)[C@@H]2CCCN2)C(=O)N[C@@H](CC(C)C)C(=O)N2C[C@H](O)C[C@H]2C(=O)N[C@@H](Cc2c[nH]c3ccccc23)C(=O)N[C@@H](CCN)C(=O)N[C@@H](Cc2cn(CC(=O)O)c3ccccc23)C(=O)N(C)C)cc1[B]O. The lowest BCUT2D eigenvalue weighted by Crippen LogP contribution is -2.61. The number of carbonyl (C=O) groups is 8. The van der Waals surface area contributed by atoms with Gasteiger partial charge in [-0.2, -0.15) is 0 Å². The number of aliphatic hydroxyl groups is 1. The molecule has 2 aliphatic heterocycles. The van der Waals surface area contributed by atoms with Crippen molar-refractivity contribution in [3.05, 3.63) is 95.8 Å². The number of nitrogens with two attached hydrogens (primary N) is 1. The number of β-amino-alcohol motifs (C(OH)–C–C–N with tert-alkyl or cyclic N) is 1. The number of aromatic amines is 1. The summed E-state index contributed by atoms with van der Waals surface area (Å²) in [7, 11) is 5.45. The van der Waals surface area contributed by atoms with Crippen LogP contribution in [-0.2, 0) is 64.3 Å². The van der Waals surface area contributed by atoms with Crippen LogP contribution >= 0.6 is 0 Å². The highest BCUT2D eigenvalue weighted by molar-refractivity contribution is 6.47. The van der Waals surface area contributed by atoms with Gasteiger partial charge in [-0.25, -0.2) is 0 Å². The summed E-state index contributed by atoms with van der Waals surface area (Å²) in [6.07, 6.45) is 3.16. The van der Waals surface area contributed by atoms with Crippen molar-refractivity contribution in [2.45, 2.75) is 120 Å². The summed E-state index contributed by atoms with van der Waals surface area (Å²) >= 11 is 0. The van der Waals surface area contributed by atoms with Gasteiger partial charge in [0.15, 0.2) is 0 Å². The molecule has 4 heterocycles. The molecule has 0 saturated carbocycles. The molecule has 0 aliphatic carbocycles. The predicted octanol–water partition coefficient (Wildman–Crippen LogP) is -1.35. The normalized spacial score (nSPS) is 17.8. The summed E-state index contributed by atoms with van der Waals surface area (Å²) in [5.41, 5.74) is 9.81. The van der Waals surface area contributed by atoms with E-state index in [1.54, 1.807) is 59.4 Å². The largest absolute Gasteiger partial charge is 0.497 e. The molecule has 5 aromatic rings. The van der Waals surface area contributed by atoms with Crippen molar-refractivity contribution in [1.82, 2.24) is 56.6 Å². The number of benzene rings is 3. The first kappa shape index (κ1) is 61.8. The number of ether oxygens (including phenoxy) is 1. The molecule has 0 unspecified atom stereocenters. The summed E-state index contributed by atoms with van der Waals surface area (Å²) in [6.45, 7) is 3.81. The molecule has 7 rings (SSSR count). The summed E-state index contributed by atoms with van der Waals surface area (Å²) in [6, 6.07) is 11.4. The lowest BCUT2D eigenvalue weighted by atomic mass is 9.86. The highest BCUT2D eigenvalue weighted by atomic mass is 16.5. The minimum absolute atomic E-state index is 0.0348. The average Bonchev–Trinajstić information content (AvgIpc) is 4.42. The molecular weight excluding hydrogens is 1060 g/mol. The number of nitrogens with zero attached hydrogens (tertiary/aromatic N) is 3. The monoisotopic (exact) mass is 1130 g/mol. The number of fused-ring (bicyclic) bond motifs is 2. The van der Waals surface area contributed by atoms with E-state index in [0.29, 0.717) is 46.2 Å². The maximum absolute atomic E-state index is 14.8. The van der Waals surface area contributed by atoms with Crippen molar-refractivity contribution in [2.75, 3.05) is 47.4 Å². The van der Waals surface area contributed by atoms with Gasteiger partial charge < -0.3 is 82.3 Å². The second-order valence-electron chi connectivity index (χ2n) is 21.6. The number of carbonyl (C=O) groups excluding carboxylic acids is 7. The predicted molar refractivity (Wildman–Crippen MR) is 306 cm³/mol. The van der Waals surface area contributed by atoms with Gasteiger partial charge >= 0.3 is 13.5 Å². The van der Waals surface area contributed by atoms with Crippen LogP contribution in [0.2, 0.25) is 0 Å². The van der Waals surface area contributed by atoms with Gasteiger partial charge in [-0.05, 0) is 85.0 Å². The van der Waals surface area contributed by atoms with Crippen LogP contribution in [0.4, 0.5) is 0 Å². The summed E-state index contributed by atoms with van der Waals surface area (Å²) in [4.78, 5) is 118. The van der Waals surface area contributed by atoms with Crippen molar-refractivity contribution in [3.63, 3.8) is 0 Å². The second-order valence-corrected chi connectivity index (χ2v) is 21.6. The van der Waals surface area contributed by atoms with Crippen molar-refractivity contribution in [2.24, 2.45) is 11.7 Å². The van der Waals surface area contributed by atoms with Gasteiger partial charge in [-0.3, -0.25) is 38.4 Å². The summed E-state index contributed by atoms with van der Waals surface area (Å²) in [5, 5.41) is 52.4. The molecule has 8 atom stereocenters. The smallest absolute Gasteiger partial charge is 0.330 e. The van der Waals surface area contributed by atoms with Crippen LogP contribution in [0.5, 0.6) is 5.75 Å².